The van der Waals surface area contributed by atoms with Crippen LogP contribution >= 0.6 is 11.3 Å². The molecule has 0 aliphatic heterocycles. The lowest BCUT2D eigenvalue weighted by Crippen LogP contribution is -2.11. The number of nitrogens with one attached hydrogen (secondary N) is 2. The van der Waals surface area contributed by atoms with Crippen molar-refractivity contribution in [2.75, 3.05) is 10.7 Å². The molecule has 2 aromatic heterocycles. The van der Waals surface area contributed by atoms with E-state index in [1.807, 2.05) is 6.92 Å². The number of rotatable bonds is 4. The molecule has 2 heterocycles. The number of nitrogens with two attached hydrogens (primary N) is 1. The standard InChI is InChI=1S/C11H15N5S/c1-7-5-17-6-9(7)4-13-10-3-11(16-12)15-8(2)14-10/h3,5-6H,4,12H2,1-2H3,(H2,13,14,15,16). The molecule has 0 fully saturated rings. The molecule has 6 heteroatoms. The maximum Gasteiger partial charge on any atom is 0.145 e. The Morgan fingerprint density at radius 1 is 1.24 bits per heavy atom. The van der Waals surface area contributed by atoms with Gasteiger partial charge < -0.3 is 10.7 Å². The highest BCUT2D eigenvalue weighted by Crippen LogP contribution is 2.16. The Balaban J connectivity index is 2.09. The second-order valence-corrected chi connectivity index (χ2v) is 4.51. The molecule has 0 amide bonds. The van der Waals surface area contributed by atoms with Crippen molar-refractivity contribution in [3.05, 3.63) is 33.8 Å². The van der Waals surface area contributed by atoms with Crippen LogP contribution in [0.5, 0.6) is 0 Å². The number of aromatic nitrogens is 2. The van der Waals surface area contributed by atoms with E-state index in [0.29, 0.717) is 11.6 Å². The number of thiophene rings is 1. The van der Waals surface area contributed by atoms with Crippen molar-refractivity contribution in [2.45, 2.75) is 20.4 Å². The maximum atomic E-state index is 5.34. The van der Waals surface area contributed by atoms with Gasteiger partial charge in [0.25, 0.3) is 0 Å². The molecule has 0 atom stereocenters. The summed E-state index contributed by atoms with van der Waals surface area (Å²) >= 11 is 1.71. The summed E-state index contributed by atoms with van der Waals surface area (Å²) in [4.78, 5) is 8.43. The minimum atomic E-state index is 0.613. The van der Waals surface area contributed by atoms with Crippen molar-refractivity contribution in [3.8, 4) is 0 Å². The van der Waals surface area contributed by atoms with E-state index >= 15 is 0 Å². The molecule has 0 saturated carbocycles. The highest BCUT2D eigenvalue weighted by Gasteiger charge is 2.02. The smallest absolute Gasteiger partial charge is 0.145 e. The van der Waals surface area contributed by atoms with Gasteiger partial charge in [-0.05, 0) is 35.7 Å². The average Bonchev–Trinajstić information content (AvgIpc) is 2.71. The van der Waals surface area contributed by atoms with Gasteiger partial charge in [0.15, 0.2) is 0 Å². The average molecular weight is 249 g/mol. The van der Waals surface area contributed by atoms with Gasteiger partial charge in [-0.2, -0.15) is 11.3 Å². The normalized spacial score (nSPS) is 10.3. The Kier molecular flexibility index (Phi) is 3.55. The fourth-order valence-electron chi connectivity index (χ4n) is 1.49. The van der Waals surface area contributed by atoms with Gasteiger partial charge in [0.2, 0.25) is 0 Å². The second kappa shape index (κ2) is 5.11. The molecule has 2 rings (SSSR count). The number of aryl methyl sites for hydroxylation is 2. The molecule has 0 unspecified atom stereocenters. The molecule has 4 N–H and O–H groups in total. The SMILES string of the molecule is Cc1nc(NN)cc(NCc2cscc2C)n1. The lowest BCUT2D eigenvalue weighted by atomic mass is 10.2. The third-order valence-corrected chi connectivity index (χ3v) is 3.32. The summed E-state index contributed by atoms with van der Waals surface area (Å²) in [7, 11) is 0. The van der Waals surface area contributed by atoms with Crippen LogP contribution in [0.1, 0.15) is 17.0 Å². The fraction of sp³-hybridized carbons (Fsp3) is 0.273. The van der Waals surface area contributed by atoms with Gasteiger partial charge in [-0.15, -0.1) is 0 Å². The van der Waals surface area contributed by atoms with Crippen LogP contribution in [0.25, 0.3) is 0 Å². The van der Waals surface area contributed by atoms with Crippen molar-refractivity contribution >= 4 is 23.0 Å². The Morgan fingerprint density at radius 3 is 2.65 bits per heavy atom. The number of anilines is 2. The van der Waals surface area contributed by atoms with E-state index in [-0.39, 0.29) is 0 Å². The second-order valence-electron chi connectivity index (χ2n) is 3.76. The molecule has 90 valence electrons. The van der Waals surface area contributed by atoms with Crippen LogP contribution in [0.15, 0.2) is 16.8 Å². The maximum absolute atomic E-state index is 5.34. The van der Waals surface area contributed by atoms with Crippen molar-refractivity contribution in [1.29, 1.82) is 0 Å². The van der Waals surface area contributed by atoms with E-state index in [2.05, 4.69) is 38.4 Å². The molecule has 0 radical (unpaired) electrons. The molecular weight excluding hydrogens is 234 g/mol. The molecule has 0 saturated heterocycles. The highest BCUT2D eigenvalue weighted by atomic mass is 32.1. The zero-order chi connectivity index (χ0) is 12.3. The van der Waals surface area contributed by atoms with E-state index in [0.717, 1.165) is 12.4 Å². The van der Waals surface area contributed by atoms with Crippen LogP contribution in [0.3, 0.4) is 0 Å². The summed E-state index contributed by atoms with van der Waals surface area (Å²) in [5.41, 5.74) is 5.11. The van der Waals surface area contributed by atoms with Crippen LogP contribution in [-0.4, -0.2) is 9.97 Å². The van der Waals surface area contributed by atoms with Crippen molar-refractivity contribution in [3.63, 3.8) is 0 Å². The quantitative estimate of drug-likeness (QED) is 0.571. The van der Waals surface area contributed by atoms with Gasteiger partial charge in [-0.25, -0.2) is 15.8 Å². The van der Waals surface area contributed by atoms with E-state index in [4.69, 9.17) is 5.84 Å². The third kappa shape index (κ3) is 2.92. The molecule has 0 spiro atoms. The first-order valence-electron chi connectivity index (χ1n) is 5.27. The molecule has 0 bridgehead atoms. The lowest BCUT2D eigenvalue weighted by Gasteiger charge is -2.08. The Bertz CT molecular complexity index is 508. The summed E-state index contributed by atoms with van der Waals surface area (Å²) in [5, 5.41) is 7.53. The largest absolute Gasteiger partial charge is 0.366 e. The third-order valence-electron chi connectivity index (χ3n) is 2.41. The summed E-state index contributed by atoms with van der Waals surface area (Å²) in [6, 6.07) is 1.79. The Labute approximate surface area is 104 Å². The monoisotopic (exact) mass is 249 g/mol. The lowest BCUT2D eigenvalue weighted by molar-refractivity contribution is 1.02. The molecule has 17 heavy (non-hydrogen) atoms. The predicted octanol–water partition coefficient (Wildman–Crippen LogP) is 2.05. The van der Waals surface area contributed by atoms with E-state index in [1.54, 1.807) is 17.4 Å². The van der Waals surface area contributed by atoms with E-state index < -0.39 is 0 Å². The number of hydrogen-bond acceptors (Lipinski definition) is 6. The molecular formula is C11H15N5S. The Hall–Kier alpha value is -1.66. The number of nitrogen functional groups attached to an aromatic ring is 1. The number of hydrogen-bond donors (Lipinski definition) is 3. The van der Waals surface area contributed by atoms with Crippen molar-refractivity contribution in [2.24, 2.45) is 5.84 Å². The van der Waals surface area contributed by atoms with Crippen LogP contribution < -0.4 is 16.6 Å². The molecule has 0 aromatic carbocycles. The minimum Gasteiger partial charge on any atom is -0.366 e. The van der Waals surface area contributed by atoms with Crippen molar-refractivity contribution < 1.29 is 0 Å². The highest BCUT2D eigenvalue weighted by molar-refractivity contribution is 7.08. The van der Waals surface area contributed by atoms with Gasteiger partial charge in [-0.3, -0.25) is 0 Å². The molecule has 2 aromatic rings. The fourth-order valence-corrected chi connectivity index (χ4v) is 2.34. The summed E-state index contributed by atoms with van der Waals surface area (Å²) in [6.45, 7) is 4.70. The zero-order valence-electron chi connectivity index (χ0n) is 9.82. The van der Waals surface area contributed by atoms with E-state index in [1.165, 1.54) is 11.1 Å². The first-order valence-corrected chi connectivity index (χ1v) is 6.21. The minimum absolute atomic E-state index is 0.613. The molecule has 5 nitrogen and oxygen atoms in total. The summed E-state index contributed by atoms with van der Waals surface area (Å²) < 4.78 is 0. The van der Waals surface area contributed by atoms with Crippen LogP contribution in [0.2, 0.25) is 0 Å². The molecule has 0 aliphatic rings. The van der Waals surface area contributed by atoms with Gasteiger partial charge in [0, 0.05) is 12.6 Å². The number of hydrazine groups is 1. The topological polar surface area (TPSA) is 75.9 Å². The van der Waals surface area contributed by atoms with Gasteiger partial charge in [-0.1, -0.05) is 0 Å². The summed E-state index contributed by atoms with van der Waals surface area (Å²) in [6.07, 6.45) is 0. The van der Waals surface area contributed by atoms with Gasteiger partial charge in [0.05, 0.1) is 0 Å². The number of nitrogens with zero attached hydrogens (tertiary/aromatic N) is 2. The first-order chi connectivity index (χ1) is 8.19. The summed E-state index contributed by atoms with van der Waals surface area (Å²) in [5.74, 6) is 7.41. The zero-order valence-corrected chi connectivity index (χ0v) is 10.6. The van der Waals surface area contributed by atoms with Crippen LogP contribution in [0, 0.1) is 13.8 Å². The van der Waals surface area contributed by atoms with Crippen LogP contribution in [-0.2, 0) is 6.54 Å². The van der Waals surface area contributed by atoms with E-state index in [9.17, 15) is 0 Å². The molecule has 0 aliphatic carbocycles. The van der Waals surface area contributed by atoms with Gasteiger partial charge in [0.1, 0.15) is 17.5 Å². The van der Waals surface area contributed by atoms with Crippen LogP contribution in [0.4, 0.5) is 11.6 Å². The van der Waals surface area contributed by atoms with Crippen molar-refractivity contribution in [1.82, 2.24) is 9.97 Å². The van der Waals surface area contributed by atoms with Gasteiger partial charge >= 0.3 is 0 Å². The predicted molar refractivity (Wildman–Crippen MR) is 71.0 cm³/mol. The first kappa shape index (κ1) is 11.8. The Morgan fingerprint density at radius 2 is 2.00 bits per heavy atom.